The molecule has 30 heavy (non-hydrogen) atoms. The van der Waals surface area contributed by atoms with Gasteiger partial charge in [-0.15, -0.1) is 0 Å². The molecule has 0 saturated carbocycles. The highest BCUT2D eigenvalue weighted by Gasteiger charge is 2.20. The average molecular weight is 458 g/mol. The monoisotopic (exact) mass is 457 g/mol. The summed E-state index contributed by atoms with van der Waals surface area (Å²) in [6.07, 6.45) is 1.33. The molecule has 0 bridgehead atoms. The number of ether oxygens (including phenoxy) is 1. The second-order valence-electron chi connectivity index (χ2n) is 6.53. The molecule has 0 N–H and O–H groups in total. The Hall–Kier alpha value is -2.78. The molecule has 0 radical (unpaired) electrons. The van der Waals surface area contributed by atoms with Crippen molar-refractivity contribution >= 4 is 39.1 Å². The fourth-order valence-corrected chi connectivity index (χ4v) is 4.28. The Morgan fingerprint density at radius 3 is 2.47 bits per heavy atom. The topological polar surface area (TPSA) is 67.2 Å². The van der Waals surface area contributed by atoms with Crippen LogP contribution in [-0.4, -0.2) is 8.42 Å². The number of halogens is 2. The zero-order valence-electron chi connectivity index (χ0n) is 16.0. The van der Waals surface area contributed by atoms with Crippen molar-refractivity contribution in [3.63, 3.8) is 0 Å². The number of rotatable bonds is 6. The molecular weight excluding hydrogens is 441 g/mol. The molecule has 4 nitrogen and oxygen atoms in total. The van der Waals surface area contributed by atoms with Gasteiger partial charge >= 0.3 is 0 Å². The first-order valence-corrected chi connectivity index (χ1v) is 11.1. The number of nitrogens with zero attached hydrogens (tertiary/aromatic N) is 1. The van der Waals surface area contributed by atoms with E-state index < -0.39 is 9.84 Å². The fourth-order valence-electron chi connectivity index (χ4n) is 2.66. The molecule has 0 unspecified atom stereocenters. The predicted molar refractivity (Wildman–Crippen MR) is 119 cm³/mol. The Balaban J connectivity index is 1.84. The largest absolute Gasteiger partial charge is 0.489 e. The first-order chi connectivity index (χ1) is 14.3. The predicted octanol–water partition coefficient (Wildman–Crippen LogP) is 6.22. The lowest BCUT2D eigenvalue weighted by atomic mass is 10.2. The number of allylic oxidation sites excluding steroid dienone is 1. The van der Waals surface area contributed by atoms with Gasteiger partial charge in [-0.1, -0.05) is 59.1 Å². The summed E-state index contributed by atoms with van der Waals surface area (Å²) in [5.41, 5.74) is 2.23. The minimum absolute atomic E-state index is 0.0747. The Labute approximate surface area is 185 Å². The molecule has 0 fully saturated rings. The Kier molecular flexibility index (Phi) is 6.84. The van der Waals surface area contributed by atoms with Crippen LogP contribution < -0.4 is 4.74 Å². The first kappa shape index (κ1) is 21.9. The molecule has 3 aromatic rings. The van der Waals surface area contributed by atoms with Crippen LogP contribution in [-0.2, 0) is 16.4 Å². The number of nitriles is 1. The number of benzene rings is 3. The molecule has 0 aliphatic carbocycles. The van der Waals surface area contributed by atoms with Gasteiger partial charge in [0, 0.05) is 15.6 Å². The van der Waals surface area contributed by atoms with Crippen LogP contribution in [0.1, 0.15) is 16.7 Å². The Morgan fingerprint density at radius 1 is 1.07 bits per heavy atom. The van der Waals surface area contributed by atoms with Crippen molar-refractivity contribution in [1.82, 2.24) is 0 Å². The molecule has 3 aromatic carbocycles. The second kappa shape index (κ2) is 9.36. The van der Waals surface area contributed by atoms with Crippen LogP contribution in [0.5, 0.6) is 5.75 Å². The summed E-state index contributed by atoms with van der Waals surface area (Å²) in [5.74, 6) is 0.514. The van der Waals surface area contributed by atoms with E-state index in [1.165, 1.54) is 18.2 Å². The lowest BCUT2D eigenvalue weighted by molar-refractivity contribution is 0.306. The van der Waals surface area contributed by atoms with Crippen molar-refractivity contribution in [3.8, 4) is 11.8 Å². The Bertz CT molecular complexity index is 1240. The molecule has 0 atom stereocenters. The lowest BCUT2D eigenvalue weighted by Gasteiger charge is -2.09. The van der Waals surface area contributed by atoms with Gasteiger partial charge in [0.2, 0.25) is 9.84 Å². The van der Waals surface area contributed by atoms with Crippen molar-refractivity contribution in [2.75, 3.05) is 0 Å². The van der Waals surface area contributed by atoms with Crippen molar-refractivity contribution in [3.05, 3.63) is 98.4 Å². The van der Waals surface area contributed by atoms with E-state index >= 15 is 0 Å². The summed E-state index contributed by atoms with van der Waals surface area (Å²) in [5, 5.41) is 10.5. The van der Waals surface area contributed by atoms with E-state index in [-0.39, 0.29) is 16.4 Å². The molecule has 0 aliphatic rings. The number of hydrogen-bond donors (Lipinski definition) is 0. The summed E-state index contributed by atoms with van der Waals surface area (Å²) >= 11 is 12.1. The molecule has 0 amide bonds. The highest BCUT2D eigenvalue weighted by molar-refractivity contribution is 7.95. The van der Waals surface area contributed by atoms with Crippen molar-refractivity contribution in [2.45, 2.75) is 18.4 Å². The van der Waals surface area contributed by atoms with Gasteiger partial charge < -0.3 is 4.74 Å². The van der Waals surface area contributed by atoms with Crippen molar-refractivity contribution in [1.29, 1.82) is 5.26 Å². The van der Waals surface area contributed by atoms with Crippen LogP contribution in [0.2, 0.25) is 10.0 Å². The number of sulfone groups is 1. The highest BCUT2D eigenvalue weighted by Crippen LogP contribution is 2.25. The fraction of sp³-hybridized carbons (Fsp3) is 0.0870. The van der Waals surface area contributed by atoms with E-state index in [2.05, 4.69) is 0 Å². The van der Waals surface area contributed by atoms with Gasteiger partial charge in [-0.25, -0.2) is 8.42 Å². The van der Waals surface area contributed by atoms with E-state index in [1.54, 1.807) is 60.7 Å². The number of aryl methyl sites for hydroxylation is 1. The van der Waals surface area contributed by atoms with Crippen molar-refractivity contribution < 1.29 is 13.2 Å². The quantitative estimate of drug-likeness (QED) is 0.412. The molecule has 0 spiro atoms. The van der Waals surface area contributed by atoms with Gasteiger partial charge in [0.1, 0.15) is 23.3 Å². The van der Waals surface area contributed by atoms with E-state index in [9.17, 15) is 13.7 Å². The van der Waals surface area contributed by atoms with E-state index in [1.807, 2.05) is 6.92 Å². The summed E-state index contributed by atoms with van der Waals surface area (Å²) in [6.45, 7) is 2.08. The second-order valence-corrected chi connectivity index (χ2v) is 9.30. The SMILES string of the molecule is Cc1ccc(S(=O)(=O)/C(C#N)=C/c2cccc(OCc3ccc(Cl)cc3Cl)c2)cc1. The number of hydrogen-bond acceptors (Lipinski definition) is 4. The average Bonchev–Trinajstić information content (AvgIpc) is 2.72. The highest BCUT2D eigenvalue weighted by atomic mass is 35.5. The van der Waals surface area contributed by atoms with Gasteiger partial charge in [0.05, 0.1) is 4.90 Å². The third-order valence-corrected chi connectivity index (χ3v) is 6.56. The normalized spacial score (nSPS) is 11.7. The van der Waals surface area contributed by atoms with Gasteiger partial charge in [-0.2, -0.15) is 5.26 Å². The molecule has 0 aromatic heterocycles. The van der Waals surface area contributed by atoms with Crippen LogP contribution in [0.3, 0.4) is 0 Å². The Morgan fingerprint density at radius 2 is 1.80 bits per heavy atom. The summed E-state index contributed by atoms with van der Waals surface area (Å²) in [4.78, 5) is -0.269. The van der Waals surface area contributed by atoms with E-state index in [0.29, 0.717) is 21.4 Å². The third-order valence-electron chi connectivity index (χ3n) is 4.30. The molecular formula is C23H17Cl2NO3S. The molecule has 7 heteroatoms. The summed E-state index contributed by atoms with van der Waals surface area (Å²) in [7, 11) is -3.91. The van der Waals surface area contributed by atoms with Gasteiger partial charge in [-0.3, -0.25) is 0 Å². The molecule has 0 aliphatic heterocycles. The summed E-state index contributed by atoms with van der Waals surface area (Å²) < 4.78 is 31.3. The van der Waals surface area contributed by atoms with Crippen molar-refractivity contribution in [2.24, 2.45) is 0 Å². The zero-order valence-corrected chi connectivity index (χ0v) is 18.3. The van der Waals surface area contributed by atoms with Crippen LogP contribution >= 0.6 is 23.2 Å². The standard InChI is InChI=1S/C23H17Cl2NO3S/c1-16-5-9-21(10-6-16)30(27,28)22(14-26)12-17-3-2-4-20(11-17)29-15-18-7-8-19(24)13-23(18)25/h2-13H,15H2,1H3/b22-12+. The minimum Gasteiger partial charge on any atom is -0.489 e. The maximum absolute atomic E-state index is 12.8. The van der Waals surface area contributed by atoms with Crippen LogP contribution in [0.4, 0.5) is 0 Å². The molecule has 152 valence electrons. The molecule has 0 heterocycles. The first-order valence-electron chi connectivity index (χ1n) is 8.90. The van der Waals surface area contributed by atoms with Gasteiger partial charge in [0.15, 0.2) is 0 Å². The van der Waals surface area contributed by atoms with Crippen LogP contribution in [0.15, 0.2) is 76.5 Å². The zero-order chi connectivity index (χ0) is 21.7. The lowest BCUT2D eigenvalue weighted by Crippen LogP contribution is -2.03. The van der Waals surface area contributed by atoms with Crippen LogP contribution in [0.25, 0.3) is 6.08 Å². The van der Waals surface area contributed by atoms with Gasteiger partial charge in [0.25, 0.3) is 0 Å². The van der Waals surface area contributed by atoms with E-state index in [0.717, 1.165) is 11.1 Å². The molecule has 3 rings (SSSR count). The van der Waals surface area contributed by atoms with E-state index in [4.69, 9.17) is 27.9 Å². The third kappa shape index (κ3) is 5.22. The molecule has 0 saturated heterocycles. The maximum atomic E-state index is 12.8. The maximum Gasteiger partial charge on any atom is 0.216 e. The van der Waals surface area contributed by atoms with Crippen LogP contribution in [0, 0.1) is 18.3 Å². The minimum atomic E-state index is -3.91. The van der Waals surface area contributed by atoms with Gasteiger partial charge in [-0.05, 0) is 55.0 Å². The smallest absolute Gasteiger partial charge is 0.216 e. The summed E-state index contributed by atoms with van der Waals surface area (Å²) in [6, 6.07) is 20.1.